The van der Waals surface area contributed by atoms with Gasteiger partial charge in [-0.2, -0.15) is 0 Å². The number of nitrogens with one attached hydrogen (secondary N) is 1. The Bertz CT molecular complexity index is 853. The van der Waals surface area contributed by atoms with E-state index in [4.69, 9.17) is 14.2 Å². The van der Waals surface area contributed by atoms with Gasteiger partial charge in [0.1, 0.15) is 23.3 Å². The highest BCUT2D eigenvalue weighted by Crippen LogP contribution is 2.19. The Morgan fingerprint density at radius 2 is 1.61 bits per heavy atom. The van der Waals surface area contributed by atoms with Gasteiger partial charge in [-0.15, -0.1) is 0 Å². The fourth-order valence-electron chi connectivity index (χ4n) is 2.92. The number of rotatable bonds is 11. The molecule has 0 spiro atoms. The van der Waals surface area contributed by atoms with Gasteiger partial charge in [-0.05, 0) is 62.2 Å². The van der Waals surface area contributed by atoms with Gasteiger partial charge in [-0.1, -0.05) is 19.1 Å². The lowest BCUT2D eigenvalue weighted by Gasteiger charge is -2.29. The number of ether oxygens (including phenoxy) is 3. The van der Waals surface area contributed by atoms with Gasteiger partial charge in [0.2, 0.25) is 5.91 Å². The van der Waals surface area contributed by atoms with Crippen LogP contribution < -0.4 is 19.5 Å². The smallest absolute Gasteiger partial charge is 0.261 e. The lowest BCUT2D eigenvalue weighted by Crippen LogP contribution is -2.50. The third-order valence-electron chi connectivity index (χ3n) is 5.08. The minimum atomic E-state index is -0.660. The minimum Gasteiger partial charge on any atom is -0.497 e. The van der Waals surface area contributed by atoms with E-state index in [1.807, 2.05) is 38.1 Å². The van der Waals surface area contributed by atoms with Crippen LogP contribution in [0.2, 0.25) is 0 Å². The highest BCUT2D eigenvalue weighted by Gasteiger charge is 2.27. The summed E-state index contributed by atoms with van der Waals surface area (Å²) in [6.07, 6.45) is 0.808. The van der Waals surface area contributed by atoms with Gasteiger partial charge in [0.05, 0.1) is 14.2 Å². The first-order valence-electron chi connectivity index (χ1n) is 10.4. The number of methoxy groups -OCH3 is 2. The molecule has 0 aliphatic heterocycles. The number of carbonyl (C=O) groups excluding carboxylic acids is 2. The molecule has 2 aromatic carbocycles. The summed E-state index contributed by atoms with van der Waals surface area (Å²) in [5.41, 5.74) is 0.861. The Hall–Kier alpha value is -3.22. The summed E-state index contributed by atoms with van der Waals surface area (Å²) in [5.74, 6) is 1.46. The molecule has 1 N–H and O–H groups in total. The standard InChI is InChI=1S/C24H32N2O5/c1-6-17(2)25-24(28)18(3)26(15-19-8-7-9-22(14-19)30-5)23(27)16-31-21-12-10-20(29-4)11-13-21/h7-14,17-18H,6,15-16H2,1-5H3,(H,25,28)/t17-,18-/m1/s1. The Balaban J connectivity index is 2.15. The average Bonchev–Trinajstić information content (AvgIpc) is 2.80. The number of hydrogen-bond donors (Lipinski definition) is 1. The van der Waals surface area contributed by atoms with E-state index in [1.165, 1.54) is 4.90 Å². The van der Waals surface area contributed by atoms with Gasteiger partial charge in [-0.3, -0.25) is 9.59 Å². The van der Waals surface area contributed by atoms with E-state index in [1.54, 1.807) is 45.4 Å². The van der Waals surface area contributed by atoms with Crippen molar-refractivity contribution in [3.8, 4) is 17.2 Å². The van der Waals surface area contributed by atoms with Crippen LogP contribution >= 0.6 is 0 Å². The summed E-state index contributed by atoms with van der Waals surface area (Å²) in [7, 11) is 3.18. The van der Waals surface area contributed by atoms with Crippen molar-refractivity contribution in [3.05, 3.63) is 54.1 Å². The third-order valence-corrected chi connectivity index (χ3v) is 5.08. The molecule has 31 heavy (non-hydrogen) atoms. The molecule has 0 unspecified atom stereocenters. The summed E-state index contributed by atoms with van der Waals surface area (Å²) in [6.45, 7) is 5.74. The summed E-state index contributed by atoms with van der Waals surface area (Å²) >= 11 is 0. The molecule has 0 radical (unpaired) electrons. The van der Waals surface area contributed by atoms with Gasteiger partial charge >= 0.3 is 0 Å². The van der Waals surface area contributed by atoms with E-state index in [0.717, 1.165) is 12.0 Å². The fraction of sp³-hybridized carbons (Fsp3) is 0.417. The first-order chi connectivity index (χ1) is 14.9. The molecule has 0 aromatic heterocycles. The largest absolute Gasteiger partial charge is 0.497 e. The second kappa shape index (κ2) is 11.8. The molecular weight excluding hydrogens is 396 g/mol. The van der Waals surface area contributed by atoms with Crippen LogP contribution in [0.15, 0.2) is 48.5 Å². The van der Waals surface area contributed by atoms with Gasteiger partial charge in [0.25, 0.3) is 5.91 Å². The van der Waals surface area contributed by atoms with Gasteiger partial charge < -0.3 is 24.4 Å². The van der Waals surface area contributed by atoms with Crippen LogP contribution in [0.3, 0.4) is 0 Å². The maximum atomic E-state index is 13.1. The van der Waals surface area contributed by atoms with Crippen LogP contribution in [-0.4, -0.2) is 49.6 Å². The van der Waals surface area contributed by atoms with Crippen molar-refractivity contribution in [3.63, 3.8) is 0 Å². The molecule has 2 amide bonds. The molecule has 0 bridgehead atoms. The number of nitrogens with zero attached hydrogens (tertiary/aromatic N) is 1. The number of amides is 2. The number of carbonyl (C=O) groups is 2. The first-order valence-corrected chi connectivity index (χ1v) is 10.4. The van der Waals surface area contributed by atoms with E-state index < -0.39 is 6.04 Å². The maximum absolute atomic E-state index is 13.1. The molecule has 2 aromatic rings. The van der Waals surface area contributed by atoms with Gasteiger partial charge in [0.15, 0.2) is 6.61 Å². The zero-order valence-corrected chi connectivity index (χ0v) is 18.9. The summed E-state index contributed by atoms with van der Waals surface area (Å²) in [5, 5.41) is 2.95. The van der Waals surface area contributed by atoms with Crippen molar-refractivity contribution in [2.45, 2.75) is 45.8 Å². The maximum Gasteiger partial charge on any atom is 0.261 e. The van der Waals surface area contributed by atoms with Crippen molar-refractivity contribution in [2.24, 2.45) is 0 Å². The van der Waals surface area contributed by atoms with Crippen molar-refractivity contribution < 1.29 is 23.8 Å². The molecule has 0 aliphatic rings. The predicted octanol–water partition coefficient (Wildman–Crippen LogP) is 3.41. The quantitative estimate of drug-likeness (QED) is 0.594. The second-order valence-electron chi connectivity index (χ2n) is 7.33. The zero-order valence-electron chi connectivity index (χ0n) is 18.9. The van der Waals surface area contributed by atoms with Crippen LogP contribution in [0.25, 0.3) is 0 Å². The molecule has 2 atom stereocenters. The van der Waals surface area contributed by atoms with Crippen molar-refractivity contribution in [2.75, 3.05) is 20.8 Å². The molecular formula is C24H32N2O5. The lowest BCUT2D eigenvalue weighted by atomic mass is 10.1. The van der Waals surface area contributed by atoms with Crippen molar-refractivity contribution in [1.82, 2.24) is 10.2 Å². The van der Waals surface area contributed by atoms with E-state index in [0.29, 0.717) is 17.2 Å². The molecule has 7 heteroatoms. The first kappa shape index (κ1) is 24.1. The van der Waals surface area contributed by atoms with Crippen LogP contribution in [0.4, 0.5) is 0 Å². The van der Waals surface area contributed by atoms with E-state index in [2.05, 4.69) is 5.32 Å². The van der Waals surface area contributed by atoms with Crippen LogP contribution in [-0.2, 0) is 16.1 Å². The van der Waals surface area contributed by atoms with E-state index in [9.17, 15) is 9.59 Å². The average molecular weight is 429 g/mol. The Kier molecular flexibility index (Phi) is 9.18. The van der Waals surface area contributed by atoms with Crippen LogP contribution in [0, 0.1) is 0 Å². The normalized spacial score (nSPS) is 12.4. The molecule has 2 rings (SSSR count). The molecule has 0 heterocycles. The monoisotopic (exact) mass is 428 g/mol. The summed E-state index contributed by atoms with van der Waals surface area (Å²) in [4.78, 5) is 27.3. The van der Waals surface area contributed by atoms with E-state index in [-0.39, 0.29) is 31.0 Å². The minimum absolute atomic E-state index is 0.0271. The third kappa shape index (κ3) is 7.20. The fourth-order valence-corrected chi connectivity index (χ4v) is 2.92. The summed E-state index contributed by atoms with van der Waals surface area (Å²) < 4.78 is 16.1. The molecule has 0 saturated carbocycles. The van der Waals surface area contributed by atoms with Crippen molar-refractivity contribution >= 4 is 11.8 Å². The van der Waals surface area contributed by atoms with Crippen LogP contribution in [0.1, 0.15) is 32.8 Å². The van der Waals surface area contributed by atoms with Gasteiger partial charge in [-0.25, -0.2) is 0 Å². The highest BCUT2D eigenvalue weighted by molar-refractivity contribution is 5.88. The number of benzene rings is 2. The molecule has 0 fully saturated rings. The van der Waals surface area contributed by atoms with Crippen LogP contribution in [0.5, 0.6) is 17.2 Å². The Morgan fingerprint density at radius 3 is 2.23 bits per heavy atom. The molecule has 168 valence electrons. The lowest BCUT2D eigenvalue weighted by molar-refractivity contribution is -0.142. The van der Waals surface area contributed by atoms with Gasteiger partial charge in [0, 0.05) is 12.6 Å². The van der Waals surface area contributed by atoms with Crippen molar-refractivity contribution in [1.29, 1.82) is 0 Å². The topological polar surface area (TPSA) is 77.1 Å². The predicted molar refractivity (Wildman–Crippen MR) is 119 cm³/mol. The Labute approximate surface area is 184 Å². The molecule has 7 nitrogen and oxygen atoms in total. The molecule has 0 saturated heterocycles. The SMILES string of the molecule is CC[C@@H](C)NC(=O)[C@@H](C)N(Cc1cccc(OC)c1)C(=O)COc1ccc(OC)cc1. The zero-order chi connectivity index (χ0) is 22.8. The molecule has 0 aliphatic carbocycles. The van der Waals surface area contributed by atoms with E-state index >= 15 is 0 Å². The summed E-state index contributed by atoms with van der Waals surface area (Å²) in [6, 6.07) is 13.8. The number of hydrogen-bond acceptors (Lipinski definition) is 5. The highest BCUT2D eigenvalue weighted by atomic mass is 16.5. The Morgan fingerprint density at radius 1 is 0.968 bits per heavy atom. The second-order valence-corrected chi connectivity index (χ2v) is 7.33.